The number of carbonyl (C=O) groups is 3. The zero-order valence-corrected chi connectivity index (χ0v) is 18.1. The van der Waals surface area contributed by atoms with Gasteiger partial charge >= 0.3 is 10.8 Å². The van der Waals surface area contributed by atoms with Crippen molar-refractivity contribution >= 4 is 40.9 Å². The number of nitrogens with zero attached hydrogens (tertiary/aromatic N) is 1. The van der Waals surface area contributed by atoms with E-state index in [1.165, 1.54) is 27.5 Å². The molecule has 30 heavy (non-hydrogen) atoms. The molecule has 2 bridgehead atoms. The molecule has 1 aromatic rings. The van der Waals surface area contributed by atoms with Gasteiger partial charge in [0.25, 0.3) is 0 Å². The van der Waals surface area contributed by atoms with Gasteiger partial charge in [0.15, 0.2) is 0 Å². The Morgan fingerprint density at radius 1 is 1.10 bits per heavy atom. The van der Waals surface area contributed by atoms with Crippen molar-refractivity contribution in [2.45, 2.75) is 60.6 Å². The molecule has 0 radical (unpaired) electrons. The Morgan fingerprint density at radius 3 is 2.50 bits per heavy atom. The summed E-state index contributed by atoms with van der Waals surface area (Å²) in [6.45, 7) is -0.0201. The Kier molecular flexibility index (Phi) is 4.11. The second-order valence-corrected chi connectivity index (χ2v) is 11.8. The summed E-state index contributed by atoms with van der Waals surface area (Å²) in [7, 11) is 0. The highest BCUT2D eigenvalue weighted by Gasteiger charge is 2.71. The molecule has 160 valence electrons. The first-order valence-electron chi connectivity index (χ1n) is 10.9. The number of aromatic amines is 1. The molecule has 1 saturated heterocycles. The van der Waals surface area contributed by atoms with Gasteiger partial charge in [-0.3, -0.25) is 24.1 Å². The van der Waals surface area contributed by atoms with Crippen molar-refractivity contribution in [1.29, 1.82) is 0 Å². The molecular formula is C21H24N2O5S2. The van der Waals surface area contributed by atoms with Crippen LogP contribution in [-0.2, 0) is 19.8 Å². The summed E-state index contributed by atoms with van der Waals surface area (Å²) >= 11 is 3.08. The Balaban J connectivity index is 1.41. The van der Waals surface area contributed by atoms with Crippen LogP contribution in [0.25, 0.3) is 0 Å². The van der Waals surface area contributed by atoms with Gasteiger partial charge in [0.05, 0.1) is 23.3 Å². The molecule has 0 aromatic carbocycles. The molecule has 1 aromatic heterocycles. The lowest BCUT2D eigenvalue weighted by atomic mass is 9.57. The number of imide groups is 1. The lowest BCUT2D eigenvalue weighted by Gasteiger charge is -2.52. The number of hydrogen-bond donors (Lipinski definition) is 2. The maximum Gasteiger partial charge on any atom is 0.305 e. The number of H-pyrrole nitrogens is 1. The Morgan fingerprint density at radius 2 is 1.80 bits per heavy atom. The molecule has 9 heteroatoms. The first-order chi connectivity index (χ1) is 14.4. The summed E-state index contributed by atoms with van der Waals surface area (Å²) in [6.07, 6.45) is 6.31. The predicted molar refractivity (Wildman–Crippen MR) is 110 cm³/mol. The molecule has 3 aliphatic carbocycles. The number of thiazole rings is 1. The van der Waals surface area contributed by atoms with Gasteiger partial charge in [-0.05, 0) is 37.0 Å². The molecule has 5 aliphatic rings. The second kappa shape index (κ2) is 6.45. The molecule has 6 rings (SSSR count). The number of carboxylic acid groups (broad SMARTS) is 1. The standard InChI is InChI=1S/C21H24N2O5S2/c24-11(25)4-7-23-18(26)12-9-8-10(13(12)19(23)27)15-14(9)21(5-2-1-3-6-21)16-17(29-15)22-20(28)30-16/h9-10,12-15H,1-8H2,(H,22,28)(H,24,25)/t9-,10+,12-,13+,14-,15+/m0/s1. The molecule has 2 aliphatic heterocycles. The predicted octanol–water partition coefficient (Wildman–Crippen LogP) is 2.45. The molecule has 3 saturated carbocycles. The second-order valence-electron chi connectivity index (χ2n) is 9.58. The van der Waals surface area contributed by atoms with E-state index >= 15 is 0 Å². The topological polar surface area (TPSA) is 108 Å². The number of rotatable bonds is 3. The molecule has 2 N–H and O–H groups in total. The van der Waals surface area contributed by atoms with E-state index in [9.17, 15) is 19.2 Å². The van der Waals surface area contributed by atoms with Crippen LogP contribution in [0.15, 0.2) is 9.82 Å². The van der Waals surface area contributed by atoms with E-state index < -0.39 is 5.97 Å². The number of aromatic nitrogens is 1. The smallest absolute Gasteiger partial charge is 0.305 e. The molecule has 6 atom stereocenters. The first-order valence-corrected chi connectivity index (χ1v) is 12.6. The van der Waals surface area contributed by atoms with Crippen molar-refractivity contribution in [2.24, 2.45) is 29.6 Å². The average Bonchev–Trinajstić information content (AvgIpc) is 3.43. The van der Waals surface area contributed by atoms with Gasteiger partial charge < -0.3 is 10.1 Å². The summed E-state index contributed by atoms with van der Waals surface area (Å²) < 4.78 is 0. The van der Waals surface area contributed by atoms with E-state index in [4.69, 9.17) is 5.11 Å². The number of aliphatic carboxylic acids is 1. The van der Waals surface area contributed by atoms with Crippen LogP contribution in [0.2, 0.25) is 0 Å². The van der Waals surface area contributed by atoms with Gasteiger partial charge in [0.2, 0.25) is 11.8 Å². The number of likely N-dealkylation sites (tertiary alicyclic amines) is 1. The minimum atomic E-state index is -0.991. The van der Waals surface area contributed by atoms with Crippen molar-refractivity contribution in [1.82, 2.24) is 9.88 Å². The normalized spacial score (nSPS) is 38.1. The molecule has 0 unspecified atom stereocenters. The fraction of sp³-hybridized carbons (Fsp3) is 0.714. The number of carbonyl (C=O) groups excluding carboxylic acids is 2. The number of carboxylic acids is 1. The van der Waals surface area contributed by atoms with Gasteiger partial charge in [-0.2, -0.15) is 0 Å². The van der Waals surface area contributed by atoms with Gasteiger partial charge in [0, 0.05) is 22.1 Å². The number of nitrogens with one attached hydrogen (secondary N) is 1. The summed E-state index contributed by atoms with van der Waals surface area (Å²) in [5.74, 6) is -1.30. The van der Waals surface area contributed by atoms with E-state index in [1.54, 1.807) is 11.8 Å². The molecule has 4 fully saturated rings. The van der Waals surface area contributed by atoms with Crippen molar-refractivity contribution in [3.05, 3.63) is 14.5 Å². The van der Waals surface area contributed by atoms with Crippen LogP contribution in [0.1, 0.15) is 49.8 Å². The van der Waals surface area contributed by atoms with E-state index in [0.717, 1.165) is 37.1 Å². The third-order valence-electron chi connectivity index (χ3n) is 8.45. The van der Waals surface area contributed by atoms with E-state index in [0.29, 0.717) is 5.92 Å². The number of hydrogen-bond acceptors (Lipinski definition) is 6. The highest BCUT2D eigenvalue weighted by atomic mass is 32.2. The van der Waals surface area contributed by atoms with Crippen LogP contribution in [-0.4, -0.2) is 44.6 Å². The number of fused-ring (bicyclic) bond motifs is 11. The largest absolute Gasteiger partial charge is 0.481 e. The third kappa shape index (κ3) is 2.33. The lowest BCUT2D eigenvalue weighted by Crippen LogP contribution is -2.51. The summed E-state index contributed by atoms with van der Waals surface area (Å²) in [5.41, 5.74) is -0.0461. The average molecular weight is 449 g/mol. The number of amides is 2. The SMILES string of the molecule is O=C(O)CCN1C(=O)[C@@H]2[C@H]3C[C@@H]([C@@H]2C1=O)[C@H]1[C@@H]3Sc2[nH]c(=O)sc2C12CCCCC2. The van der Waals surface area contributed by atoms with E-state index in [2.05, 4.69) is 4.98 Å². The zero-order chi connectivity index (χ0) is 20.8. The number of thioether (sulfide) groups is 1. The first kappa shape index (κ1) is 19.1. The van der Waals surface area contributed by atoms with Crippen LogP contribution in [0.3, 0.4) is 0 Å². The van der Waals surface area contributed by atoms with Crippen molar-refractivity contribution in [2.75, 3.05) is 6.54 Å². The van der Waals surface area contributed by atoms with Gasteiger partial charge in [-0.25, -0.2) is 0 Å². The monoisotopic (exact) mass is 448 g/mol. The van der Waals surface area contributed by atoms with Gasteiger partial charge in [-0.15, -0.1) is 11.8 Å². The maximum atomic E-state index is 13.2. The third-order valence-corrected chi connectivity index (χ3v) is 11.1. The lowest BCUT2D eigenvalue weighted by molar-refractivity contribution is -0.142. The highest BCUT2D eigenvalue weighted by molar-refractivity contribution is 8.00. The molecule has 7 nitrogen and oxygen atoms in total. The summed E-state index contributed by atoms with van der Waals surface area (Å²) in [5, 5.41) is 10.3. The Labute approximate surface area is 181 Å². The quantitative estimate of drug-likeness (QED) is 0.688. The molecule has 2 amide bonds. The fourth-order valence-corrected chi connectivity index (χ4v) is 10.7. The van der Waals surface area contributed by atoms with Crippen molar-refractivity contribution in [3.8, 4) is 0 Å². The van der Waals surface area contributed by atoms with Crippen LogP contribution in [0, 0.1) is 29.6 Å². The van der Waals surface area contributed by atoms with Crippen LogP contribution in [0.5, 0.6) is 0 Å². The molecule has 3 heterocycles. The Hall–Kier alpha value is -1.61. The van der Waals surface area contributed by atoms with Gasteiger partial charge in [0.1, 0.15) is 0 Å². The van der Waals surface area contributed by atoms with Crippen molar-refractivity contribution < 1.29 is 19.5 Å². The van der Waals surface area contributed by atoms with E-state index in [1.807, 2.05) is 0 Å². The highest BCUT2D eigenvalue weighted by Crippen LogP contribution is 2.71. The zero-order valence-electron chi connectivity index (χ0n) is 16.5. The van der Waals surface area contributed by atoms with Crippen molar-refractivity contribution in [3.63, 3.8) is 0 Å². The maximum absolute atomic E-state index is 13.2. The van der Waals surface area contributed by atoms with Gasteiger partial charge in [-0.1, -0.05) is 30.6 Å². The Bertz CT molecular complexity index is 1010. The van der Waals surface area contributed by atoms with Crippen LogP contribution in [0.4, 0.5) is 0 Å². The summed E-state index contributed by atoms with van der Waals surface area (Å²) in [6, 6.07) is 0. The fourth-order valence-electron chi connectivity index (χ4n) is 7.57. The van der Waals surface area contributed by atoms with Crippen LogP contribution >= 0.6 is 23.1 Å². The minimum Gasteiger partial charge on any atom is -0.481 e. The minimum absolute atomic E-state index is 0.00281. The van der Waals surface area contributed by atoms with E-state index in [-0.39, 0.29) is 64.0 Å². The molecular weight excluding hydrogens is 424 g/mol. The van der Waals surface area contributed by atoms with Crippen LogP contribution < -0.4 is 4.87 Å². The molecule has 1 spiro atoms. The summed E-state index contributed by atoms with van der Waals surface area (Å²) in [4.78, 5) is 55.1.